The van der Waals surface area contributed by atoms with Gasteiger partial charge in [-0.15, -0.1) is 0 Å². The van der Waals surface area contributed by atoms with E-state index < -0.39 is 16.1 Å². The molecule has 0 aliphatic carbocycles. The number of aromatic amines is 1. The zero-order valence-corrected chi connectivity index (χ0v) is 10.1. The Labute approximate surface area is 98.1 Å². The molecule has 0 fully saturated rings. The summed E-state index contributed by atoms with van der Waals surface area (Å²) in [5.74, 6) is 0.449. The fraction of sp³-hybridized carbons (Fsp3) is 0.375. The van der Waals surface area contributed by atoms with Crippen molar-refractivity contribution in [1.82, 2.24) is 29.5 Å². The Hall–Kier alpha value is -1.74. The van der Waals surface area contributed by atoms with Crippen molar-refractivity contribution in [3.05, 3.63) is 24.7 Å². The molecule has 2 aromatic rings. The number of H-pyrrole nitrogens is 1. The Morgan fingerprint density at radius 3 is 2.76 bits per heavy atom. The number of rotatable bonds is 4. The molecule has 2 N–H and O–H groups in total. The maximum atomic E-state index is 11.9. The van der Waals surface area contributed by atoms with Crippen LogP contribution in [0.2, 0.25) is 0 Å². The lowest BCUT2D eigenvalue weighted by atomic mass is 10.3. The quantitative estimate of drug-likeness (QED) is 0.772. The Kier molecular flexibility index (Phi) is 2.94. The summed E-state index contributed by atoms with van der Waals surface area (Å²) in [4.78, 5) is 7.67. The normalized spacial score (nSPS) is 13.8. The fourth-order valence-electron chi connectivity index (χ4n) is 1.30. The maximum Gasteiger partial charge on any atom is 0.260 e. The average molecular weight is 256 g/mol. The number of hydrogen-bond acceptors (Lipinski definition) is 5. The van der Waals surface area contributed by atoms with Crippen LogP contribution in [0.5, 0.6) is 0 Å². The number of nitrogens with one attached hydrogen (secondary N) is 2. The number of sulfonamides is 1. The van der Waals surface area contributed by atoms with Gasteiger partial charge in [-0.05, 0) is 6.92 Å². The standard InChI is InChI=1S/C8H12N6O2S/c1-6(8-9-4-11-12-8)13-17(15,16)7-3-14(2)5-10-7/h3-6,13H,1-2H3,(H,9,11,12). The Balaban J connectivity index is 2.18. The van der Waals surface area contributed by atoms with Crippen LogP contribution in [-0.2, 0) is 17.1 Å². The Morgan fingerprint density at radius 2 is 2.24 bits per heavy atom. The van der Waals surface area contributed by atoms with Crippen molar-refractivity contribution in [1.29, 1.82) is 0 Å². The summed E-state index contributed by atoms with van der Waals surface area (Å²) in [6.07, 6.45) is 4.17. The topological polar surface area (TPSA) is 106 Å². The summed E-state index contributed by atoms with van der Waals surface area (Å²) >= 11 is 0. The highest BCUT2D eigenvalue weighted by atomic mass is 32.2. The zero-order chi connectivity index (χ0) is 12.5. The lowest BCUT2D eigenvalue weighted by molar-refractivity contribution is 0.557. The maximum absolute atomic E-state index is 11.9. The first-order chi connectivity index (χ1) is 7.99. The fourth-order valence-corrected chi connectivity index (χ4v) is 2.49. The highest BCUT2D eigenvalue weighted by Gasteiger charge is 2.21. The molecule has 17 heavy (non-hydrogen) atoms. The molecule has 0 aliphatic rings. The third-order valence-electron chi connectivity index (χ3n) is 2.13. The summed E-state index contributed by atoms with van der Waals surface area (Å²) in [6.45, 7) is 1.67. The molecular formula is C8H12N6O2S. The smallest absolute Gasteiger partial charge is 0.260 e. The van der Waals surface area contributed by atoms with Crippen molar-refractivity contribution >= 4 is 10.0 Å². The van der Waals surface area contributed by atoms with E-state index in [0.717, 1.165) is 0 Å². The van der Waals surface area contributed by atoms with Gasteiger partial charge >= 0.3 is 0 Å². The van der Waals surface area contributed by atoms with Gasteiger partial charge in [0.2, 0.25) is 0 Å². The second kappa shape index (κ2) is 4.26. The Bertz CT molecular complexity index is 587. The van der Waals surface area contributed by atoms with Crippen LogP contribution >= 0.6 is 0 Å². The van der Waals surface area contributed by atoms with Crippen LogP contribution in [0.4, 0.5) is 0 Å². The molecule has 0 spiro atoms. The van der Waals surface area contributed by atoms with E-state index in [-0.39, 0.29) is 5.03 Å². The predicted octanol–water partition coefficient (Wildman–Crippen LogP) is -0.422. The highest BCUT2D eigenvalue weighted by molar-refractivity contribution is 7.89. The molecule has 0 amide bonds. The lowest BCUT2D eigenvalue weighted by Gasteiger charge is -2.09. The Morgan fingerprint density at radius 1 is 1.47 bits per heavy atom. The molecule has 0 radical (unpaired) electrons. The molecule has 0 aliphatic heterocycles. The van der Waals surface area contributed by atoms with Crippen molar-refractivity contribution in [3.8, 4) is 0 Å². The van der Waals surface area contributed by atoms with Crippen LogP contribution in [0, 0.1) is 0 Å². The molecule has 2 rings (SSSR count). The van der Waals surface area contributed by atoms with Gasteiger partial charge in [-0.2, -0.15) is 9.82 Å². The van der Waals surface area contributed by atoms with Crippen LogP contribution in [0.15, 0.2) is 23.9 Å². The number of aromatic nitrogens is 5. The monoisotopic (exact) mass is 256 g/mol. The largest absolute Gasteiger partial charge is 0.339 e. The third kappa shape index (κ3) is 2.50. The van der Waals surface area contributed by atoms with Gasteiger partial charge in [0.1, 0.15) is 12.2 Å². The van der Waals surface area contributed by atoms with Gasteiger partial charge in [0, 0.05) is 13.2 Å². The van der Waals surface area contributed by atoms with Gasteiger partial charge in [-0.25, -0.2) is 18.4 Å². The first-order valence-electron chi connectivity index (χ1n) is 4.84. The molecule has 8 nitrogen and oxygen atoms in total. The van der Waals surface area contributed by atoms with Crippen LogP contribution in [-0.4, -0.2) is 33.2 Å². The van der Waals surface area contributed by atoms with Crippen LogP contribution in [0.1, 0.15) is 18.8 Å². The van der Waals surface area contributed by atoms with Crippen molar-refractivity contribution in [2.45, 2.75) is 18.0 Å². The van der Waals surface area contributed by atoms with Crippen LogP contribution < -0.4 is 4.72 Å². The van der Waals surface area contributed by atoms with Gasteiger partial charge in [0.15, 0.2) is 5.03 Å². The second-order valence-corrected chi connectivity index (χ2v) is 5.25. The predicted molar refractivity (Wildman–Crippen MR) is 58.3 cm³/mol. The van der Waals surface area contributed by atoms with E-state index in [0.29, 0.717) is 5.82 Å². The van der Waals surface area contributed by atoms with E-state index >= 15 is 0 Å². The zero-order valence-electron chi connectivity index (χ0n) is 9.32. The summed E-state index contributed by atoms with van der Waals surface area (Å²) in [5.41, 5.74) is 0. The van der Waals surface area contributed by atoms with E-state index in [2.05, 4.69) is 24.9 Å². The second-order valence-electron chi connectivity index (χ2n) is 3.59. The molecule has 2 aromatic heterocycles. The van der Waals surface area contributed by atoms with Gasteiger partial charge in [-0.3, -0.25) is 5.10 Å². The van der Waals surface area contributed by atoms with Gasteiger partial charge in [0.25, 0.3) is 10.0 Å². The van der Waals surface area contributed by atoms with Crippen molar-refractivity contribution in [2.75, 3.05) is 0 Å². The SMILES string of the molecule is CC(NS(=O)(=O)c1cn(C)cn1)c1ncn[nH]1. The van der Waals surface area contributed by atoms with E-state index in [9.17, 15) is 8.42 Å². The molecule has 0 saturated carbocycles. The van der Waals surface area contributed by atoms with Crippen molar-refractivity contribution in [3.63, 3.8) is 0 Å². The lowest BCUT2D eigenvalue weighted by Crippen LogP contribution is -2.27. The summed E-state index contributed by atoms with van der Waals surface area (Å²) in [5, 5.41) is 6.24. The average Bonchev–Trinajstić information content (AvgIpc) is 2.86. The van der Waals surface area contributed by atoms with Crippen molar-refractivity contribution in [2.24, 2.45) is 7.05 Å². The minimum absolute atomic E-state index is 0.0219. The summed E-state index contributed by atoms with van der Waals surface area (Å²) < 4.78 is 27.8. The first-order valence-corrected chi connectivity index (χ1v) is 6.33. The summed E-state index contributed by atoms with van der Waals surface area (Å²) in [7, 11) is -1.93. The molecule has 2 heterocycles. The van der Waals surface area contributed by atoms with Gasteiger partial charge in [-0.1, -0.05) is 0 Å². The first kappa shape index (κ1) is 11.7. The molecule has 0 aromatic carbocycles. The molecule has 1 unspecified atom stereocenters. The van der Waals surface area contributed by atoms with E-state index in [4.69, 9.17) is 0 Å². The van der Waals surface area contributed by atoms with E-state index in [1.165, 1.54) is 18.9 Å². The van der Waals surface area contributed by atoms with Gasteiger partial charge < -0.3 is 4.57 Å². The third-order valence-corrected chi connectivity index (χ3v) is 3.56. The number of aryl methyl sites for hydroxylation is 1. The number of hydrogen-bond donors (Lipinski definition) is 2. The van der Waals surface area contributed by atoms with Crippen LogP contribution in [0.3, 0.4) is 0 Å². The van der Waals surface area contributed by atoms with Gasteiger partial charge in [0.05, 0.1) is 12.4 Å². The molecular weight excluding hydrogens is 244 g/mol. The number of nitrogens with zero attached hydrogens (tertiary/aromatic N) is 4. The minimum Gasteiger partial charge on any atom is -0.339 e. The molecule has 0 bridgehead atoms. The minimum atomic E-state index is -3.63. The number of imidazole rings is 1. The van der Waals surface area contributed by atoms with Crippen LogP contribution in [0.25, 0.3) is 0 Å². The van der Waals surface area contributed by atoms with Crippen molar-refractivity contribution < 1.29 is 8.42 Å². The summed E-state index contributed by atoms with van der Waals surface area (Å²) in [6, 6.07) is -0.496. The van der Waals surface area contributed by atoms with E-state index in [1.54, 1.807) is 18.5 Å². The molecule has 0 saturated heterocycles. The molecule has 1 atom stereocenters. The molecule has 9 heteroatoms. The highest BCUT2D eigenvalue weighted by Crippen LogP contribution is 2.11. The molecule has 92 valence electrons. The van der Waals surface area contributed by atoms with E-state index in [1.807, 2.05) is 0 Å².